The maximum absolute atomic E-state index is 10.3. The first kappa shape index (κ1) is 11.1. The molecule has 0 aromatic carbocycles. The third-order valence-corrected chi connectivity index (χ3v) is 1.55. The van der Waals surface area contributed by atoms with E-state index in [1.165, 1.54) is 0 Å². The molecule has 0 aliphatic rings. The van der Waals surface area contributed by atoms with Crippen molar-refractivity contribution < 1.29 is 14.7 Å². The van der Waals surface area contributed by atoms with Crippen LogP contribution in [0.5, 0.6) is 0 Å². The minimum Gasteiger partial charge on any atom is -0.480 e. The summed E-state index contributed by atoms with van der Waals surface area (Å²) in [6, 6.07) is -1.04. The Morgan fingerprint density at radius 3 is 2.67 bits per heavy atom. The van der Waals surface area contributed by atoms with Gasteiger partial charge in [-0.2, -0.15) is 0 Å². The summed E-state index contributed by atoms with van der Waals surface area (Å²) in [6.07, 6.45) is 3.46. The van der Waals surface area contributed by atoms with Crippen molar-refractivity contribution in [1.82, 2.24) is 5.32 Å². The van der Waals surface area contributed by atoms with Crippen LogP contribution in [0.1, 0.15) is 26.2 Å². The summed E-state index contributed by atoms with van der Waals surface area (Å²) in [5, 5.41) is 11.1. The van der Waals surface area contributed by atoms with E-state index in [0.717, 1.165) is 19.3 Å². The fourth-order valence-corrected chi connectivity index (χ4v) is 0.826. The summed E-state index contributed by atoms with van der Waals surface area (Å²) in [6.45, 7) is 2.65. The molecule has 0 amide bonds. The van der Waals surface area contributed by atoms with E-state index in [-0.39, 0.29) is 0 Å². The predicted octanol–water partition coefficient (Wildman–Crippen LogP) is 0.418. The quantitative estimate of drug-likeness (QED) is 0.332. The SMILES string of the molecule is CCCCCNC(C=O)C(=O)O. The van der Waals surface area contributed by atoms with E-state index in [9.17, 15) is 9.59 Å². The molecule has 4 nitrogen and oxygen atoms in total. The highest BCUT2D eigenvalue weighted by Crippen LogP contribution is 1.91. The van der Waals surface area contributed by atoms with Crippen LogP contribution in [0.4, 0.5) is 0 Å². The van der Waals surface area contributed by atoms with Crippen molar-refractivity contribution in [3.8, 4) is 0 Å². The molecule has 0 aliphatic carbocycles. The second-order valence-electron chi connectivity index (χ2n) is 2.61. The highest BCUT2D eigenvalue weighted by Gasteiger charge is 2.13. The standard InChI is InChI=1S/C8H15NO3/c1-2-3-4-5-9-7(6-10)8(11)12/h6-7,9H,2-5H2,1H3,(H,11,12). The van der Waals surface area contributed by atoms with Crippen LogP contribution >= 0.6 is 0 Å². The molecule has 2 N–H and O–H groups in total. The Hall–Kier alpha value is -0.900. The molecule has 70 valence electrons. The second kappa shape index (κ2) is 6.79. The number of unbranched alkanes of at least 4 members (excludes halogenated alkanes) is 2. The van der Waals surface area contributed by atoms with E-state index in [2.05, 4.69) is 12.2 Å². The molecule has 4 heteroatoms. The van der Waals surface area contributed by atoms with Gasteiger partial charge < -0.3 is 9.90 Å². The van der Waals surface area contributed by atoms with Crippen molar-refractivity contribution >= 4 is 12.3 Å². The Balaban J connectivity index is 3.45. The number of aliphatic carboxylic acids is 1. The van der Waals surface area contributed by atoms with Gasteiger partial charge >= 0.3 is 5.97 Å². The topological polar surface area (TPSA) is 66.4 Å². The van der Waals surface area contributed by atoms with Crippen molar-refractivity contribution in [1.29, 1.82) is 0 Å². The molecular weight excluding hydrogens is 158 g/mol. The van der Waals surface area contributed by atoms with Gasteiger partial charge in [0.15, 0.2) is 6.04 Å². The maximum atomic E-state index is 10.3. The van der Waals surface area contributed by atoms with Crippen molar-refractivity contribution in [2.45, 2.75) is 32.2 Å². The first-order chi connectivity index (χ1) is 5.72. The van der Waals surface area contributed by atoms with E-state index in [1.54, 1.807) is 0 Å². The van der Waals surface area contributed by atoms with Crippen LogP contribution in [0, 0.1) is 0 Å². The van der Waals surface area contributed by atoms with Gasteiger partial charge in [-0.1, -0.05) is 19.8 Å². The lowest BCUT2D eigenvalue weighted by Gasteiger charge is -2.06. The summed E-state index contributed by atoms with van der Waals surface area (Å²) >= 11 is 0. The number of nitrogens with one attached hydrogen (secondary N) is 1. The summed E-state index contributed by atoms with van der Waals surface area (Å²) in [5.41, 5.74) is 0. The molecular formula is C8H15NO3. The van der Waals surface area contributed by atoms with Crippen molar-refractivity contribution in [3.05, 3.63) is 0 Å². The molecule has 0 fully saturated rings. The van der Waals surface area contributed by atoms with E-state index < -0.39 is 12.0 Å². The van der Waals surface area contributed by atoms with Crippen LogP contribution in [-0.4, -0.2) is 29.9 Å². The highest BCUT2D eigenvalue weighted by molar-refractivity contribution is 5.90. The van der Waals surface area contributed by atoms with Crippen molar-refractivity contribution in [2.75, 3.05) is 6.54 Å². The minimum absolute atomic E-state index is 0.411. The van der Waals surface area contributed by atoms with Gasteiger partial charge in [-0.05, 0) is 13.0 Å². The van der Waals surface area contributed by atoms with Gasteiger partial charge in [0, 0.05) is 0 Å². The number of carboxylic acid groups (broad SMARTS) is 1. The number of rotatable bonds is 7. The third kappa shape index (κ3) is 4.85. The fraction of sp³-hybridized carbons (Fsp3) is 0.750. The smallest absolute Gasteiger partial charge is 0.328 e. The summed E-state index contributed by atoms with van der Waals surface area (Å²) in [4.78, 5) is 20.5. The molecule has 0 aromatic heterocycles. The van der Waals surface area contributed by atoms with Crippen LogP contribution in [0.25, 0.3) is 0 Å². The molecule has 0 bridgehead atoms. The van der Waals surface area contributed by atoms with Gasteiger partial charge in [-0.25, -0.2) is 0 Å². The lowest BCUT2D eigenvalue weighted by molar-refractivity contribution is -0.140. The number of carboxylic acids is 1. The van der Waals surface area contributed by atoms with Gasteiger partial charge in [0.25, 0.3) is 0 Å². The molecule has 0 saturated heterocycles. The van der Waals surface area contributed by atoms with Crippen LogP contribution in [-0.2, 0) is 9.59 Å². The predicted molar refractivity (Wildman–Crippen MR) is 45.0 cm³/mol. The Kier molecular flexibility index (Phi) is 6.28. The van der Waals surface area contributed by atoms with Gasteiger partial charge in [0.1, 0.15) is 6.29 Å². The van der Waals surface area contributed by atoms with Crippen molar-refractivity contribution in [2.24, 2.45) is 0 Å². The molecule has 0 radical (unpaired) electrons. The van der Waals surface area contributed by atoms with Crippen LogP contribution in [0.15, 0.2) is 0 Å². The van der Waals surface area contributed by atoms with Crippen LogP contribution in [0.3, 0.4) is 0 Å². The van der Waals surface area contributed by atoms with Gasteiger partial charge in [0.2, 0.25) is 0 Å². The first-order valence-electron chi connectivity index (χ1n) is 4.13. The number of carbonyl (C=O) groups excluding carboxylic acids is 1. The van der Waals surface area contributed by atoms with E-state index in [0.29, 0.717) is 12.8 Å². The van der Waals surface area contributed by atoms with Gasteiger partial charge in [-0.15, -0.1) is 0 Å². The summed E-state index contributed by atoms with van der Waals surface area (Å²) in [7, 11) is 0. The van der Waals surface area contributed by atoms with Gasteiger partial charge in [-0.3, -0.25) is 10.1 Å². The Labute approximate surface area is 72.0 Å². The summed E-state index contributed by atoms with van der Waals surface area (Å²) < 4.78 is 0. The Bertz CT molecular complexity index is 147. The maximum Gasteiger partial charge on any atom is 0.328 e. The molecule has 0 saturated carbocycles. The summed E-state index contributed by atoms with van der Waals surface area (Å²) in [5.74, 6) is -1.11. The van der Waals surface area contributed by atoms with E-state index in [4.69, 9.17) is 5.11 Å². The highest BCUT2D eigenvalue weighted by atomic mass is 16.4. The number of hydrogen-bond acceptors (Lipinski definition) is 3. The fourth-order valence-electron chi connectivity index (χ4n) is 0.826. The van der Waals surface area contributed by atoms with E-state index >= 15 is 0 Å². The van der Waals surface area contributed by atoms with E-state index in [1.807, 2.05) is 0 Å². The second-order valence-corrected chi connectivity index (χ2v) is 2.61. The third-order valence-electron chi connectivity index (χ3n) is 1.55. The molecule has 1 unspecified atom stereocenters. The molecule has 0 heterocycles. The lowest BCUT2D eigenvalue weighted by atomic mass is 10.2. The lowest BCUT2D eigenvalue weighted by Crippen LogP contribution is -2.38. The average molecular weight is 173 g/mol. The number of hydrogen-bond donors (Lipinski definition) is 2. The average Bonchev–Trinajstić information content (AvgIpc) is 2.04. The number of carbonyl (C=O) groups is 2. The van der Waals surface area contributed by atoms with Crippen LogP contribution < -0.4 is 5.32 Å². The molecule has 0 aromatic rings. The minimum atomic E-state index is -1.11. The Morgan fingerprint density at radius 1 is 1.58 bits per heavy atom. The zero-order chi connectivity index (χ0) is 9.40. The van der Waals surface area contributed by atoms with Gasteiger partial charge in [0.05, 0.1) is 0 Å². The van der Waals surface area contributed by atoms with Crippen LogP contribution in [0.2, 0.25) is 0 Å². The zero-order valence-electron chi connectivity index (χ0n) is 7.25. The largest absolute Gasteiger partial charge is 0.480 e. The molecule has 1 atom stereocenters. The normalized spacial score (nSPS) is 12.4. The van der Waals surface area contributed by atoms with Crippen molar-refractivity contribution in [3.63, 3.8) is 0 Å². The monoisotopic (exact) mass is 173 g/mol. The molecule has 0 spiro atoms. The molecule has 0 aliphatic heterocycles. The Morgan fingerprint density at radius 2 is 2.25 bits per heavy atom. The molecule has 0 rings (SSSR count). The molecule has 12 heavy (non-hydrogen) atoms. The first-order valence-corrected chi connectivity index (χ1v) is 4.13. The zero-order valence-corrected chi connectivity index (χ0v) is 7.25. The number of aldehydes is 1.